The molecule has 2 aromatic rings. The summed E-state index contributed by atoms with van der Waals surface area (Å²) in [5, 5.41) is 12.1. The first-order chi connectivity index (χ1) is 15.0. The van der Waals surface area contributed by atoms with Gasteiger partial charge < -0.3 is 25.8 Å². The molecule has 0 aliphatic heterocycles. The monoisotopic (exact) mass is 463 g/mol. The number of carbonyl (C=O) groups excluding carboxylic acids is 1. The minimum atomic E-state index is -4.11. The van der Waals surface area contributed by atoms with E-state index in [2.05, 4.69) is 10.3 Å². The van der Waals surface area contributed by atoms with E-state index in [9.17, 15) is 24.2 Å². The maximum Gasteiger partial charge on any atom is 0.408 e. The highest BCUT2D eigenvalue weighted by molar-refractivity contribution is 7.58. The predicted molar refractivity (Wildman–Crippen MR) is 121 cm³/mol. The quantitative estimate of drug-likeness (QED) is 0.391. The van der Waals surface area contributed by atoms with Gasteiger partial charge in [-0.2, -0.15) is 0 Å². The number of aliphatic carboxylic acids is 1. The van der Waals surface area contributed by atoms with Crippen LogP contribution >= 0.6 is 7.37 Å². The highest BCUT2D eigenvalue weighted by atomic mass is 31.2. The van der Waals surface area contributed by atoms with Crippen LogP contribution in [0.3, 0.4) is 0 Å². The van der Waals surface area contributed by atoms with Gasteiger partial charge in [-0.25, -0.2) is 9.78 Å². The van der Waals surface area contributed by atoms with Crippen LogP contribution in [0.1, 0.15) is 30.5 Å². The van der Waals surface area contributed by atoms with Crippen molar-refractivity contribution in [2.75, 3.05) is 11.9 Å². The van der Waals surface area contributed by atoms with Gasteiger partial charge in [-0.3, -0.25) is 9.36 Å². The van der Waals surface area contributed by atoms with E-state index in [-0.39, 0.29) is 13.0 Å². The van der Waals surface area contributed by atoms with Gasteiger partial charge in [0.2, 0.25) is 7.37 Å². The average molecular weight is 463 g/mol. The Morgan fingerprint density at radius 2 is 1.88 bits per heavy atom. The number of carboxylic acids is 1. The molecule has 3 atom stereocenters. The molecule has 0 radical (unpaired) electrons. The lowest BCUT2D eigenvalue weighted by Crippen LogP contribution is -2.40. The third-order valence-corrected chi connectivity index (χ3v) is 7.59. The lowest BCUT2D eigenvalue weighted by Gasteiger charge is -2.28. The lowest BCUT2D eigenvalue weighted by atomic mass is 10.0. The van der Waals surface area contributed by atoms with Crippen LogP contribution in [-0.4, -0.2) is 39.0 Å². The van der Waals surface area contributed by atoms with E-state index >= 15 is 0 Å². The number of alkyl carbamates (subject to hydrolysis) is 1. The van der Waals surface area contributed by atoms with E-state index in [1.165, 1.54) is 6.20 Å². The highest BCUT2D eigenvalue weighted by Crippen LogP contribution is 2.50. The molecule has 1 aromatic heterocycles. The van der Waals surface area contributed by atoms with E-state index in [1.807, 2.05) is 6.07 Å². The van der Waals surface area contributed by atoms with E-state index in [0.717, 1.165) is 5.56 Å². The van der Waals surface area contributed by atoms with Crippen molar-refractivity contribution in [3.8, 4) is 0 Å². The number of carboxylic acid groups (broad SMARTS) is 1. The number of benzene rings is 1. The van der Waals surface area contributed by atoms with Gasteiger partial charge in [0.25, 0.3) is 0 Å². The smallest absolute Gasteiger partial charge is 0.408 e. The van der Waals surface area contributed by atoms with Gasteiger partial charge >= 0.3 is 12.1 Å². The zero-order valence-electron chi connectivity index (χ0n) is 18.4. The Morgan fingerprint density at radius 1 is 1.22 bits per heavy atom. The van der Waals surface area contributed by atoms with E-state index in [1.54, 1.807) is 51.1 Å². The number of rotatable bonds is 10. The summed E-state index contributed by atoms with van der Waals surface area (Å²) in [6.07, 6.45) is 0.122. The number of pyridine rings is 1. The molecule has 32 heavy (non-hydrogen) atoms. The first-order valence-corrected chi connectivity index (χ1v) is 12.1. The number of nitrogens with one attached hydrogen (secondary N) is 1. The fraction of sp³-hybridized carbons (Fsp3) is 0.409. The highest BCUT2D eigenvalue weighted by Gasteiger charge is 2.39. The van der Waals surface area contributed by atoms with Crippen LogP contribution in [0.15, 0.2) is 42.6 Å². The summed E-state index contributed by atoms with van der Waals surface area (Å²) in [5.41, 5.74) is 7.76. The van der Waals surface area contributed by atoms with E-state index in [4.69, 9.17) is 10.5 Å². The summed E-state index contributed by atoms with van der Waals surface area (Å²) in [6.45, 7) is 5.11. The van der Waals surface area contributed by atoms with Crippen LogP contribution in [-0.2, 0) is 27.1 Å². The standard InChI is InChI=1S/C22H30N3O6P/c1-14(2)20(25-22(28)31-12-16-7-5-4-6-8-16)32(29,30)13-18(21(26)27)10-17-9-15(3)19(23)24-11-17/h4-9,11,14,18,20H,10,12-13H2,1-3H3,(H2,23,24)(H,25,28)(H,26,27)(H,29,30). The Balaban J connectivity index is 2.08. The molecular weight excluding hydrogens is 433 g/mol. The average Bonchev–Trinajstić information content (AvgIpc) is 2.72. The molecule has 0 saturated carbocycles. The molecule has 0 saturated heterocycles. The Kier molecular flexibility index (Phi) is 8.80. The van der Waals surface area contributed by atoms with Crippen LogP contribution in [0, 0.1) is 18.8 Å². The molecule has 1 amide bonds. The number of carbonyl (C=O) groups is 2. The third kappa shape index (κ3) is 7.35. The predicted octanol–water partition coefficient (Wildman–Crippen LogP) is 3.39. The first-order valence-electron chi connectivity index (χ1n) is 10.2. The Bertz CT molecular complexity index is 983. The minimum absolute atomic E-state index is 0.00839. The molecule has 0 aliphatic rings. The maximum atomic E-state index is 13.2. The number of amides is 1. The van der Waals surface area contributed by atoms with E-state index in [0.29, 0.717) is 16.9 Å². The molecule has 0 spiro atoms. The normalized spacial score (nSPS) is 14.9. The van der Waals surface area contributed by atoms with Crippen molar-refractivity contribution >= 4 is 25.2 Å². The zero-order valence-corrected chi connectivity index (χ0v) is 19.3. The Morgan fingerprint density at radius 3 is 2.44 bits per heavy atom. The van der Waals surface area contributed by atoms with Crippen molar-refractivity contribution in [1.82, 2.24) is 10.3 Å². The number of aryl methyl sites for hydroxylation is 1. The van der Waals surface area contributed by atoms with Gasteiger partial charge in [-0.05, 0) is 36.0 Å². The number of ether oxygens (including phenoxy) is 1. The van der Waals surface area contributed by atoms with Crippen molar-refractivity contribution in [3.63, 3.8) is 0 Å². The van der Waals surface area contributed by atoms with Gasteiger partial charge in [0.05, 0.1) is 5.92 Å². The molecule has 10 heteroatoms. The molecule has 5 N–H and O–H groups in total. The van der Waals surface area contributed by atoms with Crippen LogP contribution in [0.25, 0.3) is 0 Å². The number of hydrogen-bond acceptors (Lipinski definition) is 6. The van der Waals surface area contributed by atoms with Gasteiger partial charge in [-0.1, -0.05) is 50.2 Å². The largest absolute Gasteiger partial charge is 0.481 e. The van der Waals surface area contributed by atoms with Crippen molar-refractivity contribution < 1.29 is 28.9 Å². The second-order valence-electron chi connectivity index (χ2n) is 8.12. The van der Waals surface area contributed by atoms with Gasteiger partial charge in [-0.15, -0.1) is 0 Å². The summed E-state index contributed by atoms with van der Waals surface area (Å²) >= 11 is 0. The summed E-state index contributed by atoms with van der Waals surface area (Å²) in [5.74, 6) is -3.59. The fourth-order valence-corrected chi connectivity index (χ4v) is 5.70. The molecule has 3 unspecified atom stereocenters. The Hall–Kier alpha value is -2.90. The van der Waals surface area contributed by atoms with Crippen molar-refractivity contribution in [2.24, 2.45) is 11.8 Å². The van der Waals surface area contributed by atoms with Crippen LogP contribution < -0.4 is 11.1 Å². The number of hydrogen-bond donors (Lipinski definition) is 4. The second-order valence-corrected chi connectivity index (χ2v) is 10.6. The number of nitrogens with two attached hydrogens (primary N) is 1. The van der Waals surface area contributed by atoms with Gasteiger partial charge in [0, 0.05) is 12.4 Å². The van der Waals surface area contributed by atoms with Crippen molar-refractivity contribution in [3.05, 3.63) is 59.3 Å². The summed E-state index contributed by atoms with van der Waals surface area (Å²) < 4.78 is 18.3. The summed E-state index contributed by atoms with van der Waals surface area (Å²) in [6, 6.07) is 10.7. The van der Waals surface area contributed by atoms with E-state index < -0.39 is 43.2 Å². The zero-order chi connectivity index (χ0) is 23.9. The lowest BCUT2D eigenvalue weighted by molar-refractivity contribution is -0.141. The number of anilines is 1. The molecule has 9 nitrogen and oxygen atoms in total. The molecule has 1 heterocycles. The molecule has 1 aromatic carbocycles. The van der Waals surface area contributed by atoms with Crippen LogP contribution in [0.5, 0.6) is 0 Å². The number of nitrogen functional groups attached to an aromatic ring is 1. The molecule has 0 fully saturated rings. The minimum Gasteiger partial charge on any atom is -0.481 e. The van der Waals surface area contributed by atoms with Crippen molar-refractivity contribution in [2.45, 2.75) is 39.6 Å². The van der Waals surface area contributed by atoms with Crippen LogP contribution in [0.4, 0.5) is 10.6 Å². The second kappa shape index (κ2) is 11.1. The van der Waals surface area contributed by atoms with Crippen LogP contribution in [0.2, 0.25) is 0 Å². The number of nitrogens with zero attached hydrogens (tertiary/aromatic N) is 1. The Labute approximate surface area is 187 Å². The molecule has 174 valence electrons. The fourth-order valence-electron chi connectivity index (χ4n) is 3.32. The molecular formula is C22H30N3O6P. The van der Waals surface area contributed by atoms with Crippen molar-refractivity contribution in [1.29, 1.82) is 0 Å². The van der Waals surface area contributed by atoms with Gasteiger partial charge in [0.15, 0.2) is 0 Å². The molecule has 0 bridgehead atoms. The summed E-state index contributed by atoms with van der Waals surface area (Å²) in [7, 11) is -4.11. The topological polar surface area (TPSA) is 152 Å². The maximum absolute atomic E-state index is 13.2. The SMILES string of the molecule is Cc1cc(CC(CP(=O)(O)C(NC(=O)OCc2ccccc2)C(C)C)C(=O)O)cnc1N. The van der Waals surface area contributed by atoms with Gasteiger partial charge in [0.1, 0.15) is 18.2 Å². The molecule has 2 rings (SSSR count). The number of aromatic nitrogens is 1. The summed E-state index contributed by atoms with van der Waals surface area (Å²) in [4.78, 5) is 38.9. The first kappa shape index (κ1) is 25.4. The molecule has 0 aliphatic carbocycles. The third-order valence-electron chi connectivity index (χ3n) is 5.03.